The fourth-order valence-corrected chi connectivity index (χ4v) is 2.88. The molecule has 0 fully saturated rings. The van der Waals surface area contributed by atoms with Gasteiger partial charge in [0.2, 0.25) is 0 Å². The fourth-order valence-electron chi connectivity index (χ4n) is 1.69. The van der Waals surface area contributed by atoms with Crippen molar-refractivity contribution < 1.29 is 9.90 Å². The van der Waals surface area contributed by atoms with E-state index in [0.717, 1.165) is 28.5 Å². The molecule has 0 saturated heterocycles. The first kappa shape index (κ1) is 19.6. The highest BCUT2D eigenvalue weighted by molar-refractivity contribution is 7.99. The minimum Gasteiger partial charge on any atom is -0.480 e. The Bertz CT molecular complexity index is 405. The van der Waals surface area contributed by atoms with E-state index in [2.05, 4.69) is 5.32 Å². The Morgan fingerprint density at radius 1 is 1.45 bits per heavy atom. The summed E-state index contributed by atoms with van der Waals surface area (Å²) >= 11 is 7.76. The highest BCUT2D eigenvalue weighted by Gasteiger charge is 2.14. The van der Waals surface area contributed by atoms with Gasteiger partial charge in [-0.1, -0.05) is 37.1 Å². The van der Waals surface area contributed by atoms with Crippen molar-refractivity contribution in [3.05, 3.63) is 29.3 Å². The normalized spacial score (nSPS) is 11.7. The molecule has 114 valence electrons. The van der Waals surface area contributed by atoms with E-state index < -0.39 is 12.0 Å². The van der Waals surface area contributed by atoms with E-state index >= 15 is 0 Å². The topological polar surface area (TPSA) is 49.3 Å². The smallest absolute Gasteiger partial charge is 0.320 e. The third-order valence-electron chi connectivity index (χ3n) is 2.68. The van der Waals surface area contributed by atoms with Gasteiger partial charge in [-0.3, -0.25) is 4.79 Å². The second-order valence-electron chi connectivity index (χ2n) is 4.27. The van der Waals surface area contributed by atoms with Gasteiger partial charge >= 0.3 is 5.97 Å². The Kier molecular flexibility index (Phi) is 11.0. The molecule has 1 unspecified atom stereocenters. The van der Waals surface area contributed by atoms with E-state index in [9.17, 15) is 4.79 Å². The Morgan fingerprint density at radius 3 is 2.75 bits per heavy atom. The lowest BCUT2D eigenvalue weighted by molar-refractivity contribution is -0.139. The predicted octanol–water partition coefficient (Wildman–Crippen LogP) is 4.09. The highest BCUT2D eigenvalue weighted by atomic mass is 35.5. The molecule has 20 heavy (non-hydrogen) atoms. The Morgan fingerprint density at radius 2 is 2.15 bits per heavy atom. The molecular formula is C14H21Cl2NO2S. The van der Waals surface area contributed by atoms with Crippen molar-refractivity contribution in [2.24, 2.45) is 0 Å². The van der Waals surface area contributed by atoms with Crippen LogP contribution in [0.15, 0.2) is 29.2 Å². The first-order chi connectivity index (χ1) is 9.15. The number of benzene rings is 1. The molecule has 0 aliphatic heterocycles. The van der Waals surface area contributed by atoms with Gasteiger partial charge in [0, 0.05) is 4.90 Å². The van der Waals surface area contributed by atoms with Crippen LogP contribution in [-0.4, -0.2) is 29.4 Å². The lowest BCUT2D eigenvalue weighted by Gasteiger charge is -2.13. The lowest BCUT2D eigenvalue weighted by Crippen LogP contribution is -2.37. The van der Waals surface area contributed by atoms with Crippen LogP contribution in [0.5, 0.6) is 0 Å². The summed E-state index contributed by atoms with van der Waals surface area (Å²) in [5.74, 6) is 0.162. The van der Waals surface area contributed by atoms with Crippen molar-refractivity contribution in [1.82, 2.24) is 5.32 Å². The molecule has 1 aromatic rings. The van der Waals surface area contributed by atoms with Gasteiger partial charge in [0.05, 0.1) is 5.02 Å². The van der Waals surface area contributed by atoms with E-state index in [-0.39, 0.29) is 12.4 Å². The largest absolute Gasteiger partial charge is 0.480 e. The maximum absolute atomic E-state index is 10.9. The van der Waals surface area contributed by atoms with Gasteiger partial charge in [0.1, 0.15) is 6.04 Å². The van der Waals surface area contributed by atoms with Crippen LogP contribution in [0, 0.1) is 0 Å². The van der Waals surface area contributed by atoms with E-state index in [1.54, 1.807) is 11.8 Å². The Labute approximate surface area is 135 Å². The minimum atomic E-state index is -0.763. The summed E-state index contributed by atoms with van der Waals surface area (Å²) in [6, 6.07) is 7.33. The number of thioether (sulfide) groups is 1. The highest BCUT2D eigenvalue weighted by Crippen LogP contribution is 2.26. The molecule has 0 heterocycles. The number of carboxylic acid groups (broad SMARTS) is 1. The second-order valence-corrected chi connectivity index (χ2v) is 5.81. The molecule has 0 aromatic heterocycles. The van der Waals surface area contributed by atoms with Crippen LogP contribution < -0.4 is 5.32 Å². The van der Waals surface area contributed by atoms with Gasteiger partial charge in [-0.25, -0.2) is 0 Å². The third kappa shape index (κ3) is 7.39. The molecule has 2 N–H and O–H groups in total. The first-order valence-electron chi connectivity index (χ1n) is 6.48. The van der Waals surface area contributed by atoms with Crippen molar-refractivity contribution >= 4 is 41.7 Å². The summed E-state index contributed by atoms with van der Waals surface area (Å²) in [6.45, 7) is 2.71. The van der Waals surface area contributed by atoms with E-state index in [4.69, 9.17) is 16.7 Å². The summed E-state index contributed by atoms with van der Waals surface area (Å²) in [5.41, 5.74) is 0. The second kappa shape index (κ2) is 11.3. The maximum Gasteiger partial charge on any atom is 0.320 e. The monoisotopic (exact) mass is 337 g/mol. The number of hydrogen-bond acceptors (Lipinski definition) is 3. The van der Waals surface area contributed by atoms with Crippen LogP contribution in [0.4, 0.5) is 0 Å². The SMILES string of the molecule is CCCC(NCCCSc1ccccc1Cl)C(=O)O.Cl. The zero-order valence-corrected chi connectivity index (χ0v) is 13.9. The molecule has 1 aromatic carbocycles. The summed E-state index contributed by atoms with van der Waals surface area (Å²) < 4.78 is 0. The third-order valence-corrected chi connectivity index (χ3v) is 4.28. The number of halogens is 2. The lowest BCUT2D eigenvalue weighted by atomic mass is 10.1. The van der Waals surface area contributed by atoms with Crippen LogP contribution >= 0.6 is 35.8 Å². The van der Waals surface area contributed by atoms with E-state index in [0.29, 0.717) is 13.0 Å². The molecule has 0 radical (unpaired) electrons. The van der Waals surface area contributed by atoms with Crippen LogP contribution in [0.1, 0.15) is 26.2 Å². The summed E-state index contributed by atoms with van der Waals surface area (Å²) in [7, 11) is 0. The van der Waals surface area contributed by atoms with Crippen LogP contribution in [-0.2, 0) is 4.79 Å². The van der Waals surface area contributed by atoms with Gasteiger partial charge in [0.15, 0.2) is 0 Å². The van der Waals surface area contributed by atoms with Crippen molar-refractivity contribution in [2.45, 2.75) is 37.1 Å². The number of aliphatic carboxylic acids is 1. The summed E-state index contributed by atoms with van der Waals surface area (Å²) in [5, 5.41) is 12.8. The van der Waals surface area contributed by atoms with Crippen molar-refractivity contribution in [2.75, 3.05) is 12.3 Å². The zero-order valence-electron chi connectivity index (χ0n) is 11.5. The molecule has 1 atom stereocenters. The summed E-state index contributed by atoms with van der Waals surface area (Å²) in [4.78, 5) is 12.0. The van der Waals surface area contributed by atoms with Gasteiger partial charge < -0.3 is 10.4 Å². The average Bonchev–Trinajstić information content (AvgIpc) is 2.39. The number of carbonyl (C=O) groups is 1. The van der Waals surface area contributed by atoms with Crippen LogP contribution in [0.3, 0.4) is 0 Å². The molecule has 3 nitrogen and oxygen atoms in total. The maximum atomic E-state index is 10.9. The van der Waals surface area contributed by atoms with Gasteiger partial charge in [0.25, 0.3) is 0 Å². The standard InChI is InChI=1S/C14H20ClNO2S.ClH/c1-2-6-12(14(17)18)16-9-5-10-19-13-8-4-3-7-11(13)15;/h3-4,7-8,12,16H,2,5-6,9-10H2,1H3,(H,17,18);1H. The molecule has 0 amide bonds. The molecule has 0 bridgehead atoms. The zero-order chi connectivity index (χ0) is 14.1. The average molecular weight is 338 g/mol. The number of rotatable bonds is 9. The minimum absolute atomic E-state index is 0. The number of nitrogens with one attached hydrogen (secondary N) is 1. The fraction of sp³-hybridized carbons (Fsp3) is 0.500. The van der Waals surface area contributed by atoms with Gasteiger partial charge in [-0.05, 0) is 37.3 Å². The molecule has 6 heteroatoms. The molecule has 1 rings (SSSR count). The molecule has 0 aliphatic carbocycles. The number of carboxylic acids is 1. The van der Waals surface area contributed by atoms with Gasteiger partial charge in [-0.2, -0.15) is 0 Å². The quantitative estimate of drug-likeness (QED) is 0.526. The van der Waals surface area contributed by atoms with Crippen LogP contribution in [0.25, 0.3) is 0 Å². The predicted molar refractivity (Wildman–Crippen MR) is 88.4 cm³/mol. The Hall–Kier alpha value is -0.420. The molecule has 0 aliphatic rings. The van der Waals surface area contributed by atoms with E-state index in [1.165, 1.54) is 0 Å². The molecular weight excluding hydrogens is 317 g/mol. The summed E-state index contributed by atoms with van der Waals surface area (Å²) in [6.07, 6.45) is 2.47. The molecule has 0 spiro atoms. The van der Waals surface area contributed by atoms with Crippen molar-refractivity contribution in [3.63, 3.8) is 0 Å². The van der Waals surface area contributed by atoms with Crippen LogP contribution in [0.2, 0.25) is 5.02 Å². The van der Waals surface area contributed by atoms with Crippen molar-refractivity contribution in [3.8, 4) is 0 Å². The number of hydrogen-bond donors (Lipinski definition) is 2. The van der Waals surface area contributed by atoms with Crippen molar-refractivity contribution in [1.29, 1.82) is 0 Å². The first-order valence-corrected chi connectivity index (χ1v) is 7.85. The van der Waals surface area contributed by atoms with Gasteiger partial charge in [-0.15, -0.1) is 24.2 Å². The molecule has 0 saturated carbocycles. The van der Waals surface area contributed by atoms with E-state index in [1.807, 2.05) is 31.2 Å². The Balaban J connectivity index is 0.00000361.